The molecule has 0 fully saturated rings. The molecule has 0 saturated carbocycles. The zero-order chi connectivity index (χ0) is 20.6. The van der Waals surface area contributed by atoms with Crippen LogP contribution < -0.4 is 0 Å². The Hall–Kier alpha value is -2.27. The Morgan fingerprint density at radius 1 is 0.931 bits per heavy atom. The maximum atomic E-state index is 13.1. The van der Waals surface area contributed by atoms with Crippen molar-refractivity contribution in [1.82, 2.24) is 4.90 Å². The van der Waals surface area contributed by atoms with E-state index in [2.05, 4.69) is 6.92 Å². The quantitative estimate of drug-likeness (QED) is 0.338. The lowest BCUT2D eigenvalue weighted by Gasteiger charge is -2.15. The van der Waals surface area contributed by atoms with Crippen molar-refractivity contribution in [1.29, 1.82) is 0 Å². The van der Waals surface area contributed by atoms with Gasteiger partial charge in [-0.2, -0.15) is 0 Å². The summed E-state index contributed by atoms with van der Waals surface area (Å²) in [6.45, 7) is 4.70. The summed E-state index contributed by atoms with van der Waals surface area (Å²) < 4.78 is 5.40. The number of unbranched alkanes of at least 4 members (excludes halogenated alkanes) is 5. The Morgan fingerprint density at radius 3 is 2.34 bits per heavy atom. The number of hydrogen-bond acceptors (Lipinski definition) is 4. The van der Waals surface area contributed by atoms with Gasteiger partial charge in [-0.15, -0.1) is 11.8 Å². The van der Waals surface area contributed by atoms with Crippen molar-refractivity contribution in [3.05, 3.63) is 64.5 Å². The van der Waals surface area contributed by atoms with Crippen molar-refractivity contribution < 1.29 is 14.0 Å². The first-order chi connectivity index (χ1) is 14.1. The highest BCUT2D eigenvalue weighted by molar-refractivity contribution is 8.03. The van der Waals surface area contributed by atoms with Crippen molar-refractivity contribution in [3.8, 4) is 0 Å². The van der Waals surface area contributed by atoms with Crippen molar-refractivity contribution in [2.75, 3.05) is 6.54 Å². The summed E-state index contributed by atoms with van der Waals surface area (Å²) in [6.07, 6.45) is 8.36. The van der Waals surface area contributed by atoms with Gasteiger partial charge in [0.05, 0.1) is 22.5 Å². The summed E-state index contributed by atoms with van der Waals surface area (Å²) in [5.41, 5.74) is 2.46. The summed E-state index contributed by atoms with van der Waals surface area (Å²) in [4.78, 5) is 28.2. The average molecular weight is 412 g/mol. The molecule has 1 aliphatic heterocycles. The number of hydrogen-bond donors (Lipinski definition) is 0. The lowest BCUT2D eigenvalue weighted by molar-refractivity contribution is -0.136. The molecule has 0 bridgehead atoms. The first kappa shape index (κ1) is 21.4. The Bertz CT molecular complexity index is 853. The number of thioether (sulfide) groups is 1. The van der Waals surface area contributed by atoms with Crippen LogP contribution >= 0.6 is 11.8 Å². The van der Waals surface area contributed by atoms with E-state index in [9.17, 15) is 9.59 Å². The van der Waals surface area contributed by atoms with Crippen molar-refractivity contribution in [2.24, 2.45) is 0 Å². The van der Waals surface area contributed by atoms with Crippen LogP contribution in [0.5, 0.6) is 0 Å². The Morgan fingerprint density at radius 2 is 1.66 bits per heavy atom. The molecule has 0 unspecified atom stereocenters. The zero-order valence-electron chi connectivity index (χ0n) is 17.3. The van der Waals surface area contributed by atoms with E-state index in [0.29, 0.717) is 22.8 Å². The fraction of sp³-hybridized carbons (Fsp3) is 0.417. The van der Waals surface area contributed by atoms with Crippen molar-refractivity contribution >= 4 is 29.1 Å². The van der Waals surface area contributed by atoms with Gasteiger partial charge in [-0.05, 0) is 31.0 Å². The second-order valence-electron chi connectivity index (χ2n) is 7.47. The number of carbonyl (C=O) groups excluding carboxylic acids is 2. The largest absolute Gasteiger partial charge is 0.468 e. The SMILES string of the molecule is CCCCCCCCN1C(=O)C(SCc2ccco2)=C(c2ccc(C)cc2)C1=O. The van der Waals surface area contributed by atoms with Gasteiger partial charge in [0.15, 0.2) is 0 Å². The lowest BCUT2D eigenvalue weighted by Crippen LogP contribution is -2.32. The van der Waals surface area contributed by atoms with Crippen molar-refractivity contribution in [3.63, 3.8) is 0 Å². The maximum absolute atomic E-state index is 13.1. The number of rotatable bonds is 11. The standard InChI is InChI=1S/C24H29NO3S/c1-3-4-5-6-7-8-15-25-23(26)21(19-13-11-18(2)12-14-19)22(24(25)27)29-17-20-10-9-16-28-20/h9-14,16H,3-8,15,17H2,1-2H3. The average Bonchev–Trinajstić information content (AvgIpc) is 3.31. The number of benzene rings is 1. The first-order valence-corrected chi connectivity index (χ1v) is 11.4. The van der Waals surface area contributed by atoms with Crippen LogP contribution in [0.4, 0.5) is 0 Å². The molecule has 2 aromatic rings. The Balaban J connectivity index is 1.74. The zero-order valence-corrected chi connectivity index (χ0v) is 18.1. The van der Waals surface area contributed by atoms with E-state index < -0.39 is 0 Å². The van der Waals surface area contributed by atoms with E-state index in [-0.39, 0.29) is 11.8 Å². The molecule has 2 amide bonds. The number of carbonyl (C=O) groups is 2. The van der Waals surface area contributed by atoms with Crippen LogP contribution in [0.2, 0.25) is 0 Å². The van der Waals surface area contributed by atoms with Gasteiger partial charge in [0, 0.05) is 6.54 Å². The summed E-state index contributed by atoms with van der Waals surface area (Å²) >= 11 is 1.39. The Kier molecular flexibility index (Phi) is 7.76. The predicted molar refractivity (Wildman–Crippen MR) is 118 cm³/mol. The molecule has 1 aliphatic rings. The van der Waals surface area contributed by atoms with Gasteiger partial charge < -0.3 is 4.42 Å². The van der Waals surface area contributed by atoms with Gasteiger partial charge in [-0.3, -0.25) is 14.5 Å². The van der Waals surface area contributed by atoms with Crippen LogP contribution in [0.15, 0.2) is 52.0 Å². The number of nitrogens with zero attached hydrogens (tertiary/aromatic N) is 1. The van der Waals surface area contributed by atoms with Crippen LogP contribution in [0, 0.1) is 6.92 Å². The maximum Gasteiger partial charge on any atom is 0.267 e. The lowest BCUT2D eigenvalue weighted by atomic mass is 10.0. The molecular formula is C24H29NO3S. The van der Waals surface area contributed by atoms with E-state index >= 15 is 0 Å². The topological polar surface area (TPSA) is 50.5 Å². The van der Waals surface area contributed by atoms with E-state index in [0.717, 1.165) is 36.1 Å². The molecule has 3 rings (SSSR count). The van der Waals surface area contributed by atoms with Crippen molar-refractivity contribution in [2.45, 2.75) is 58.1 Å². The van der Waals surface area contributed by atoms with Gasteiger partial charge >= 0.3 is 0 Å². The van der Waals surface area contributed by atoms with Gasteiger partial charge in [0.25, 0.3) is 11.8 Å². The third kappa shape index (κ3) is 5.41. The highest BCUT2D eigenvalue weighted by atomic mass is 32.2. The molecular weight excluding hydrogens is 382 g/mol. The Labute approximate surface area is 177 Å². The molecule has 154 valence electrons. The smallest absolute Gasteiger partial charge is 0.267 e. The monoisotopic (exact) mass is 411 g/mol. The fourth-order valence-electron chi connectivity index (χ4n) is 3.45. The van der Waals surface area contributed by atoms with Crippen LogP contribution in [-0.4, -0.2) is 23.3 Å². The van der Waals surface area contributed by atoms with Crippen LogP contribution in [0.1, 0.15) is 62.3 Å². The molecule has 0 radical (unpaired) electrons. The molecule has 29 heavy (non-hydrogen) atoms. The van der Waals surface area contributed by atoms with Gasteiger partial charge in [0.2, 0.25) is 0 Å². The highest BCUT2D eigenvalue weighted by Gasteiger charge is 2.38. The minimum Gasteiger partial charge on any atom is -0.468 e. The predicted octanol–water partition coefficient (Wildman–Crippen LogP) is 5.96. The highest BCUT2D eigenvalue weighted by Crippen LogP contribution is 2.37. The van der Waals surface area contributed by atoms with Gasteiger partial charge in [-0.25, -0.2) is 0 Å². The molecule has 0 saturated heterocycles. The van der Waals surface area contributed by atoms with E-state index in [1.54, 1.807) is 6.26 Å². The van der Waals surface area contributed by atoms with Crippen LogP contribution in [0.3, 0.4) is 0 Å². The second-order valence-corrected chi connectivity index (χ2v) is 8.45. The minimum absolute atomic E-state index is 0.171. The van der Waals surface area contributed by atoms with Crippen LogP contribution in [-0.2, 0) is 15.3 Å². The third-order valence-corrected chi connectivity index (χ3v) is 6.24. The van der Waals surface area contributed by atoms with E-state index in [1.165, 1.54) is 35.9 Å². The molecule has 0 N–H and O–H groups in total. The molecule has 0 spiro atoms. The molecule has 0 atom stereocenters. The van der Waals surface area contributed by atoms with Crippen LogP contribution in [0.25, 0.3) is 5.57 Å². The second kappa shape index (κ2) is 10.5. The number of imide groups is 1. The summed E-state index contributed by atoms with van der Waals surface area (Å²) in [5, 5.41) is 0. The number of amides is 2. The van der Waals surface area contributed by atoms with E-state index in [4.69, 9.17) is 4.42 Å². The molecule has 1 aromatic heterocycles. The summed E-state index contributed by atoms with van der Waals surface area (Å²) in [7, 11) is 0. The van der Waals surface area contributed by atoms with E-state index in [1.807, 2.05) is 43.3 Å². The third-order valence-electron chi connectivity index (χ3n) is 5.14. The summed E-state index contributed by atoms with van der Waals surface area (Å²) in [6, 6.07) is 11.5. The number of aryl methyl sites for hydroxylation is 1. The molecule has 1 aromatic carbocycles. The molecule has 4 nitrogen and oxygen atoms in total. The molecule has 5 heteroatoms. The first-order valence-electron chi connectivity index (χ1n) is 10.4. The van der Waals surface area contributed by atoms with Gasteiger partial charge in [-0.1, -0.05) is 68.9 Å². The molecule has 2 heterocycles. The normalized spacial score (nSPS) is 14.3. The fourth-order valence-corrected chi connectivity index (χ4v) is 4.49. The summed E-state index contributed by atoms with van der Waals surface area (Å²) in [5.74, 6) is 0.979. The van der Waals surface area contributed by atoms with Gasteiger partial charge in [0.1, 0.15) is 5.76 Å². The molecule has 0 aliphatic carbocycles. The minimum atomic E-state index is -0.172. The number of furan rings is 1.